The number of guanidine groups is 1. The van der Waals surface area contributed by atoms with E-state index in [1.807, 2.05) is 67.6 Å². The number of fused-ring (bicyclic) bond motifs is 1. The number of benzene rings is 3. The van der Waals surface area contributed by atoms with E-state index in [1.165, 1.54) is 0 Å². The molecule has 2 unspecified atom stereocenters. The number of para-hydroxylation sites is 1. The number of aromatic nitrogens is 2. The van der Waals surface area contributed by atoms with Crippen LogP contribution in [-0.4, -0.2) is 33.9 Å². The summed E-state index contributed by atoms with van der Waals surface area (Å²) in [7, 11) is 0. The van der Waals surface area contributed by atoms with Gasteiger partial charge in [-0.05, 0) is 56.2 Å². The molecular weight excluding hydrogens is 478 g/mol. The van der Waals surface area contributed by atoms with Crippen molar-refractivity contribution in [3.05, 3.63) is 84.2 Å². The van der Waals surface area contributed by atoms with Gasteiger partial charge in [0.15, 0.2) is 5.96 Å². The lowest BCUT2D eigenvalue weighted by Gasteiger charge is -2.30. The van der Waals surface area contributed by atoms with Crippen LogP contribution >= 0.6 is 0 Å². The highest BCUT2D eigenvalue weighted by Gasteiger charge is 2.26. The average molecular weight is 510 g/mol. The van der Waals surface area contributed by atoms with Gasteiger partial charge >= 0.3 is 0 Å². The maximum atomic E-state index is 13.3. The molecule has 1 amide bonds. The number of aliphatic imine (C=N–C) groups is 1. The number of nitrogens with one attached hydrogen (secondary N) is 2. The number of ether oxygens (including phenoxy) is 1. The van der Waals surface area contributed by atoms with Gasteiger partial charge in [-0.2, -0.15) is 0 Å². The average Bonchev–Trinajstić information content (AvgIpc) is 2.90. The van der Waals surface area contributed by atoms with Crippen molar-refractivity contribution in [3.8, 4) is 11.5 Å². The van der Waals surface area contributed by atoms with Crippen molar-refractivity contribution in [1.82, 2.24) is 9.97 Å². The minimum absolute atomic E-state index is 0.00723. The normalized spacial score (nSPS) is 17.0. The number of nitrogens with two attached hydrogens (primary N) is 2. The Hall–Kier alpha value is -4.66. The van der Waals surface area contributed by atoms with E-state index in [1.54, 1.807) is 12.1 Å². The maximum absolute atomic E-state index is 13.3. The van der Waals surface area contributed by atoms with Gasteiger partial charge in [-0.25, -0.2) is 15.0 Å². The molecule has 9 heteroatoms. The predicted octanol–water partition coefficient (Wildman–Crippen LogP) is 4.98. The van der Waals surface area contributed by atoms with Gasteiger partial charge in [0.2, 0.25) is 5.82 Å². The molecule has 194 valence electrons. The van der Waals surface area contributed by atoms with Crippen LogP contribution < -0.4 is 26.8 Å². The number of rotatable bonds is 7. The molecule has 1 aromatic heterocycles. The van der Waals surface area contributed by atoms with E-state index in [9.17, 15) is 4.79 Å². The van der Waals surface area contributed by atoms with Crippen molar-refractivity contribution in [2.75, 3.05) is 10.6 Å². The molecule has 3 aromatic carbocycles. The summed E-state index contributed by atoms with van der Waals surface area (Å²) in [6.07, 6.45) is 3.90. The Morgan fingerprint density at radius 3 is 2.55 bits per heavy atom. The van der Waals surface area contributed by atoms with Crippen LogP contribution in [0.25, 0.3) is 10.9 Å². The maximum Gasteiger partial charge on any atom is 0.293 e. The lowest BCUT2D eigenvalue weighted by molar-refractivity contribution is 0.101. The summed E-state index contributed by atoms with van der Waals surface area (Å²) in [5, 5.41) is 7.27. The number of carbonyl (C=O) groups is 1. The first-order valence-electron chi connectivity index (χ1n) is 12.7. The van der Waals surface area contributed by atoms with Crippen LogP contribution in [-0.2, 0) is 0 Å². The molecular formula is C29H31N7O2. The summed E-state index contributed by atoms with van der Waals surface area (Å²) in [5.74, 6) is 1.62. The van der Waals surface area contributed by atoms with E-state index >= 15 is 0 Å². The van der Waals surface area contributed by atoms with Crippen LogP contribution in [0.15, 0.2) is 77.8 Å². The molecule has 1 fully saturated rings. The molecule has 0 bridgehead atoms. The fraction of sp³-hybridized carbons (Fsp3) is 0.241. The zero-order valence-corrected chi connectivity index (χ0v) is 21.2. The van der Waals surface area contributed by atoms with Crippen molar-refractivity contribution < 1.29 is 9.53 Å². The predicted molar refractivity (Wildman–Crippen MR) is 151 cm³/mol. The second-order valence-corrected chi connectivity index (χ2v) is 9.47. The van der Waals surface area contributed by atoms with E-state index in [-0.39, 0.29) is 23.9 Å². The summed E-state index contributed by atoms with van der Waals surface area (Å²) in [5.41, 5.74) is 13.7. The highest BCUT2D eigenvalue weighted by atomic mass is 16.5. The lowest BCUT2D eigenvalue weighted by atomic mass is 9.90. The van der Waals surface area contributed by atoms with Crippen molar-refractivity contribution >= 4 is 34.3 Å². The number of anilines is 2. The summed E-state index contributed by atoms with van der Waals surface area (Å²) in [6, 6.07) is 22.5. The minimum atomic E-state index is -0.420. The second-order valence-electron chi connectivity index (χ2n) is 9.47. The van der Waals surface area contributed by atoms with Crippen LogP contribution in [0.4, 0.5) is 11.5 Å². The molecule has 6 N–H and O–H groups in total. The first-order valence-corrected chi connectivity index (χ1v) is 12.7. The molecule has 1 saturated carbocycles. The zero-order valence-electron chi connectivity index (χ0n) is 21.2. The van der Waals surface area contributed by atoms with E-state index in [0.717, 1.165) is 36.6 Å². The number of hydrogen-bond donors (Lipinski definition) is 4. The summed E-state index contributed by atoms with van der Waals surface area (Å²) in [6.45, 7) is 2.01. The van der Waals surface area contributed by atoms with E-state index in [0.29, 0.717) is 28.5 Å². The molecule has 1 heterocycles. The Morgan fingerprint density at radius 2 is 1.74 bits per heavy atom. The standard InChI is InChI=1S/C29H31N7O2/c1-18-14-15-23-22(16-18)26(34-24-12-5-6-13-25(24)35-29(30)31)36-27(33-23)28(37)32-19-8-7-11-21(17-19)38-20-9-3-2-4-10-20/h2-4,7-11,14-17,24-25H,5-6,12-13H2,1H3,(H,32,37)(H4,30,31,35)(H,33,34,36). The highest BCUT2D eigenvalue weighted by molar-refractivity contribution is 6.04. The van der Waals surface area contributed by atoms with E-state index in [2.05, 4.69) is 25.6 Å². The first kappa shape index (κ1) is 25.0. The van der Waals surface area contributed by atoms with Crippen molar-refractivity contribution in [2.45, 2.75) is 44.7 Å². The third kappa shape index (κ3) is 6.00. The first-order chi connectivity index (χ1) is 18.4. The molecule has 0 saturated heterocycles. The van der Waals surface area contributed by atoms with Gasteiger partial charge in [-0.1, -0.05) is 48.7 Å². The number of hydrogen-bond acceptors (Lipinski definition) is 6. The molecule has 0 spiro atoms. The van der Waals surface area contributed by atoms with Crippen molar-refractivity contribution in [2.24, 2.45) is 16.5 Å². The third-order valence-electron chi connectivity index (χ3n) is 6.49. The molecule has 9 nitrogen and oxygen atoms in total. The Morgan fingerprint density at radius 1 is 0.947 bits per heavy atom. The van der Waals surface area contributed by atoms with Crippen LogP contribution in [0.3, 0.4) is 0 Å². The number of nitrogens with zero attached hydrogens (tertiary/aromatic N) is 3. The molecule has 0 radical (unpaired) electrons. The second kappa shape index (κ2) is 11.2. The minimum Gasteiger partial charge on any atom is -0.457 e. The van der Waals surface area contributed by atoms with Crippen LogP contribution in [0.5, 0.6) is 11.5 Å². The molecule has 2 atom stereocenters. The van der Waals surface area contributed by atoms with Gasteiger partial charge in [0, 0.05) is 17.1 Å². The van der Waals surface area contributed by atoms with Crippen molar-refractivity contribution in [3.63, 3.8) is 0 Å². The third-order valence-corrected chi connectivity index (χ3v) is 6.49. The number of amides is 1. The topological polar surface area (TPSA) is 141 Å². The Kier molecular flexibility index (Phi) is 7.35. The van der Waals surface area contributed by atoms with Gasteiger partial charge < -0.3 is 26.8 Å². The van der Waals surface area contributed by atoms with E-state index < -0.39 is 5.91 Å². The van der Waals surface area contributed by atoms with Gasteiger partial charge in [-0.15, -0.1) is 0 Å². The summed E-state index contributed by atoms with van der Waals surface area (Å²) in [4.78, 5) is 26.9. The van der Waals surface area contributed by atoms with Crippen LogP contribution in [0, 0.1) is 6.92 Å². The van der Waals surface area contributed by atoms with Crippen LogP contribution in [0.1, 0.15) is 41.9 Å². The monoisotopic (exact) mass is 509 g/mol. The molecule has 0 aliphatic heterocycles. The molecule has 1 aliphatic carbocycles. The molecule has 1 aliphatic rings. The fourth-order valence-electron chi connectivity index (χ4n) is 4.70. The largest absolute Gasteiger partial charge is 0.457 e. The van der Waals surface area contributed by atoms with Gasteiger partial charge in [0.25, 0.3) is 5.91 Å². The van der Waals surface area contributed by atoms with Gasteiger partial charge in [-0.3, -0.25) is 4.79 Å². The van der Waals surface area contributed by atoms with Crippen molar-refractivity contribution in [1.29, 1.82) is 0 Å². The summed E-state index contributed by atoms with van der Waals surface area (Å²) >= 11 is 0. The quantitative estimate of drug-likeness (QED) is 0.203. The molecule has 4 aromatic rings. The molecule has 38 heavy (non-hydrogen) atoms. The Bertz CT molecular complexity index is 1470. The highest BCUT2D eigenvalue weighted by Crippen LogP contribution is 2.29. The smallest absolute Gasteiger partial charge is 0.293 e. The Balaban J connectivity index is 1.42. The number of carbonyl (C=O) groups excluding carboxylic acids is 1. The van der Waals surface area contributed by atoms with Crippen LogP contribution in [0.2, 0.25) is 0 Å². The zero-order chi connectivity index (χ0) is 26.5. The van der Waals surface area contributed by atoms with Gasteiger partial charge in [0.1, 0.15) is 17.3 Å². The van der Waals surface area contributed by atoms with Gasteiger partial charge in [0.05, 0.1) is 17.6 Å². The lowest BCUT2D eigenvalue weighted by Crippen LogP contribution is -2.38. The molecule has 5 rings (SSSR count). The Labute approximate surface area is 221 Å². The van der Waals surface area contributed by atoms with E-state index in [4.69, 9.17) is 16.2 Å². The number of aryl methyl sites for hydroxylation is 1. The fourth-order valence-corrected chi connectivity index (χ4v) is 4.70. The summed E-state index contributed by atoms with van der Waals surface area (Å²) < 4.78 is 5.90. The SMILES string of the molecule is Cc1ccc2nc(C(=O)Nc3cccc(Oc4ccccc4)c3)nc(NC3CCCCC3N=C(N)N)c2c1.